The van der Waals surface area contributed by atoms with Crippen molar-refractivity contribution in [3.8, 4) is 5.75 Å². The van der Waals surface area contributed by atoms with Crippen LogP contribution in [0.2, 0.25) is 0 Å². The molecule has 0 radical (unpaired) electrons. The summed E-state index contributed by atoms with van der Waals surface area (Å²) in [4.78, 5) is 19.3. The zero-order valence-corrected chi connectivity index (χ0v) is 9.71. The van der Waals surface area contributed by atoms with Gasteiger partial charge in [-0.1, -0.05) is 6.07 Å². The molecular formula is C12H12N2O4. The fourth-order valence-corrected chi connectivity index (χ4v) is 1.52. The van der Waals surface area contributed by atoms with Crippen molar-refractivity contribution in [1.29, 1.82) is 0 Å². The third-order valence-electron chi connectivity index (χ3n) is 2.34. The number of aromatic nitrogens is 1. The lowest BCUT2D eigenvalue weighted by molar-refractivity contribution is -0.141. The number of anilines is 1. The Morgan fingerprint density at radius 3 is 3.00 bits per heavy atom. The maximum absolute atomic E-state index is 10.3. The first-order chi connectivity index (χ1) is 8.70. The SMILES string of the molecule is COc1ccc2ccnc(NOCC(=O)O)c2c1. The monoisotopic (exact) mass is 248 g/mol. The molecule has 94 valence electrons. The number of ether oxygens (including phenoxy) is 1. The molecule has 0 amide bonds. The molecule has 2 rings (SSSR count). The Morgan fingerprint density at radius 2 is 2.28 bits per heavy atom. The number of benzene rings is 1. The Labute approximate surface area is 103 Å². The van der Waals surface area contributed by atoms with E-state index in [0.29, 0.717) is 11.6 Å². The molecule has 1 aromatic heterocycles. The number of nitrogens with zero attached hydrogens (tertiary/aromatic N) is 1. The van der Waals surface area contributed by atoms with E-state index in [0.717, 1.165) is 10.8 Å². The maximum Gasteiger partial charge on any atom is 0.332 e. The molecule has 0 saturated heterocycles. The number of fused-ring (bicyclic) bond motifs is 1. The molecule has 6 heteroatoms. The number of nitrogens with one attached hydrogen (secondary N) is 1. The average molecular weight is 248 g/mol. The van der Waals surface area contributed by atoms with Gasteiger partial charge in [-0.25, -0.2) is 15.3 Å². The molecule has 0 fully saturated rings. The van der Waals surface area contributed by atoms with Crippen molar-refractivity contribution in [2.24, 2.45) is 0 Å². The number of carbonyl (C=O) groups is 1. The topological polar surface area (TPSA) is 80.7 Å². The number of carboxylic acid groups (broad SMARTS) is 1. The Kier molecular flexibility index (Phi) is 3.59. The van der Waals surface area contributed by atoms with Gasteiger partial charge in [-0.3, -0.25) is 4.84 Å². The van der Waals surface area contributed by atoms with E-state index in [-0.39, 0.29) is 0 Å². The molecule has 18 heavy (non-hydrogen) atoms. The van der Waals surface area contributed by atoms with Crippen molar-refractivity contribution >= 4 is 22.6 Å². The first-order valence-electron chi connectivity index (χ1n) is 5.23. The summed E-state index contributed by atoms with van der Waals surface area (Å²) in [5.74, 6) is 0.0877. The lowest BCUT2D eigenvalue weighted by atomic mass is 10.1. The summed E-state index contributed by atoms with van der Waals surface area (Å²) in [6.07, 6.45) is 1.61. The van der Waals surface area contributed by atoms with Crippen LogP contribution in [0.5, 0.6) is 5.75 Å². The second-order valence-corrected chi connectivity index (χ2v) is 3.53. The van der Waals surface area contributed by atoms with Crippen LogP contribution in [0, 0.1) is 0 Å². The number of aliphatic carboxylic acids is 1. The van der Waals surface area contributed by atoms with E-state index in [2.05, 4.69) is 10.5 Å². The minimum Gasteiger partial charge on any atom is -0.497 e. The van der Waals surface area contributed by atoms with Gasteiger partial charge in [0, 0.05) is 11.6 Å². The molecule has 0 aliphatic rings. The largest absolute Gasteiger partial charge is 0.497 e. The zero-order chi connectivity index (χ0) is 13.0. The molecule has 1 aromatic carbocycles. The number of hydrogen-bond acceptors (Lipinski definition) is 5. The van der Waals surface area contributed by atoms with Crippen molar-refractivity contribution in [3.63, 3.8) is 0 Å². The Balaban J connectivity index is 2.28. The number of methoxy groups -OCH3 is 1. The molecule has 2 aromatic rings. The molecule has 0 aliphatic carbocycles. The zero-order valence-electron chi connectivity index (χ0n) is 9.71. The van der Waals surface area contributed by atoms with Crippen LogP contribution in [-0.4, -0.2) is 29.8 Å². The van der Waals surface area contributed by atoms with Crippen molar-refractivity contribution in [2.75, 3.05) is 19.2 Å². The van der Waals surface area contributed by atoms with Crippen LogP contribution in [0.3, 0.4) is 0 Å². The van der Waals surface area contributed by atoms with Crippen molar-refractivity contribution in [3.05, 3.63) is 30.5 Å². The Morgan fingerprint density at radius 1 is 1.44 bits per heavy atom. The average Bonchev–Trinajstić information content (AvgIpc) is 2.38. The van der Waals surface area contributed by atoms with Crippen LogP contribution < -0.4 is 10.2 Å². The van der Waals surface area contributed by atoms with Gasteiger partial charge in [0.1, 0.15) is 5.75 Å². The highest BCUT2D eigenvalue weighted by Gasteiger charge is 2.05. The first-order valence-corrected chi connectivity index (χ1v) is 5.23. The minimum atomic E-state index is -1.06. The minimum absolute atomic E-state index is 0.442. The van der Waals surface area contributed by atoms with Crippen molar-refractivity contribution in [1.82, 2.24) is 4.98 Å². The van der Waals surface area contributed by atoms with Gasteiger partial charge in [-0.15, -0.1) is 0 Å². The van der Waals surface area contributed by atoms with Crippen LogP contribution in [0.1, 0.15) is 0 Å². The summed E-state index contributed by atoms with van der Waals surface area (Å²) in [5.41, 5.74) is 2.52. The number of hydrogen-bond donors (Lipinski definition) is 2. The van der Waals surface area contributed by atoms with Gasteiger partial charge in [-0.05, 0) is 23.6 Å². The highest BCUT2D eigenvalue weighted by atomic mass is 16.7. The highest BCUT2D eigenvalue weighted by molar-refractivity contribution is 5.92. The van der Waals surface area contributed by atoms with E-state index in [9.17, 15) is 4.79 Å². The molecule has 0 unspecified atom stereocenters. The second-order valence-electron chi connectivity index (χ2n) is 3.53. The van der Waals surface area contributed by atoms with E-state index in [4.69, 9.17) is 14.7 Å². The van der Waals surface area contributed by atoms with E-state index >= 15 is 0 Å². The molecule has 0 spiro atoms. The van der Waals surface area contributed by atoms with Gasteiger partial charge in [0.05, 0.1) is 7.11 Å². The van der Waals surface area contributed by atoms with E-state index < -0.39 is 12.6 Å². The van der Waals surface area contributed by atoms with E-state index in [1.807, 2.05) is 18.2 Å². The smallest absolute Gasteiger partial charge is 0.332 e. The number of carboxylic acids is 1. The van der Waals surface area contributed by atoms with E-state index in [1.165, 1.54) is 0 Å². The van der Waals surface area contributed by atoms with Crippen LogP contribution in [0.4, 0.5) is 5.82 Å². The summed E-state index contributed by atoms with van der Waals surface area (Å²) in [6, 6.07) is 7.37. The lowest BCUT2D eigenvalue weighted by Crippen LogP contribution is -2.12. The highest BCUT2D eigenvalue weighted by Crippen LogP contribution is 2.25. The third kappa shape index (κ3) is 2.67. The van der Waals surface area contributed by atoms with Crippen LogP contribution in [-0.2, 0) is 9.63 Å². The quantitative estimate of drug-likeness (QED) is 0.783. The Bertz CT molecular complexity index is 571. The number of rotatable bonds is 5. The maximum atomic E-state index is 10.3. The molecule has 0 atom stereocenters. The Hall–Kier alpha value is -2.34. The fraction of sp³-hybridized carbons (Fsp3) is 0.167. The molecule has 0 saturated carbocycles. The van der Waals surface area contributed by atoms with Gasteiger partial charge < -0.3 is 9.84 Å². The van der Waals surface area contributed by atoms with Gasteiger partial charge in [0.2, 0.25) is 0 Å². The van der Waals surface area contributed by atoms with E-state index in [1.54, 1.807) is 19.4 Å². The van der Waals surface area contributed by atoms with Gasteiger partial charge in [0.25, 0.3) is 0 Å². The third-order valence-corrected chi connectivity index (χ3v) is 2.34. The summed E-state index contributed by atoms with van der Waals surface area (Å²) in [6.45, 7) is -0.442. The summed E-state index contributed by atoms with van der Waals surface area (Å²) in [7, 11) is 1.57. The first kappa shape index (κ1) is 12.1. The summed E-state index contributed by atoms with van der Waals surface area (Å²) < 4.78 is 5.13. The molecule has 0 aliphatic heterocycles. The second kappa shape index (κ2) is 5.33. The normalized spacial score (nSPS) is 10.3. The predicted molar refractivity (Wildman–Crippen MR) is 65.5 cm³/mol. The fourth-order valence-electron chi connectivity index (χ4n) is 1.52. The standard InChI is InChI=1S/C12H12N2O4/c1-17-9-3-2-8-4-5-13-12(10(8)6-9)14-18-7-11(15)16/h2-6H,7H2,1H3,(H,13,14)(H,15,16). The van der Waals surface area contributed by atoms with Crippen LogP contribution in [0.15, 0.2) is 30.5 Å². The molecule has 1 heterocycles. The summed E-state index contributed by atoms with van der Waals surface area (Å²) in [5, 5.41) is 10.2. The molecular weight excluding hydrogens is 236 g/mol. The van der Waals surface area contributed by atoms with Crippen LogP contribution in [0.25, 0.3) is 10.8 Å². The molecule has 2 N–H and O–H groups in total. The lowest BCUT2D eigenvalue weighted by Gasteiger charge is -2.08. The predicted octanol–water partition coefficient (Wildman–Crippen LogP) is 1.67. The molecule has 0 bridgehead atoms. The van der Waals surface area contributed by atoms with Gasteiger partial charge >= 0.3 is 5.97 Å². The van der Waals surface area contributed by atoms with Crippen molar-refractivity contribution in [2.45, 2.75) is 0 Å². The van der Waals surface area contributed by atoms with Crippen molar-refractivity contribution < 1.29 is 19.5 Å². The van der Waals surface area contributed by atoms with Gasteiger partial charge in [0.15, 0.2) is 12.4 Å². The van der Waals surface area contributed by atoms with Gasteiger partial charge in [-0.2, -0.15) is 0 Å². The molecule has 6 nitrogen and oxygen atoms in total. The number of pyridine rings is 1. The van der Waals surface area contributed by atoms with Crippen LogP contribution >= 0.6 is 0 Å². The summed E-state index contributed by atoms with van der Waals surface area (Å²) >= 11 is 0.